The number of piperidine rings is 1. The molecule has 3 fully saturated rings. The van der Waals surface area contributed by atoms with Crippen LogP contribution in [0.25, 0.3) is 11.2 Å². The van der Waals surface area contributed by atoms with Crippen LogP contribution >= 0.6 is 22.6 Å². The van der Waals surface area contributed by atoms with Gasteiger partial charge in [0.05, 0.1) is 6.20 Å². The van der Waals surface area contributed by atoms with E-state index in [9.17, 15) is 4.79 Å². The number of nitrogens with zero attached hydrogens (tertiary/aromatic N) is 5. The van der Waals surface area contributed by atoms with Crippen LogP contribution in [0.5, 0.6) is 0 Å². The second kappa shape index (κ2) is 11.8. The van der Waals surface area contributed by atoms with E-state index in [0.717, 1.165) is 85.3 Å². The first kappa shape index (κ1) is 31.9. The molecular formula is C30H49IN6O4Si. The van der Waals surface area contributed by atoms with Crippen molar-refractivity contribution in [2.45, 2.75) is 129 Å². The number of alkyl carbamates (subject to hydrolysis) is 1. The van der Waals surface area contributed by atoms with Crippen molar-refractivity contribution >= 4 is 54.0 Å². The predicted molar refractivity (Wildman–Crippen MR) is 175 cm³/mol. The summed E-state index contributed by atoms with van der Waals surface area (Å²) in [6.07, 6.45) is 8.37. The fourth-order valence-corrected chi connectivity index (χ4v) is 8.38. The first-order chi connectivity index (χ1) is 19.6. The lowest BCUT2D eigenvalue weighted by atomic mass is 9.74. The van der Waals surface area contributed by atoms with Crippen molar-refractivity contribution in [3.05, 3.63) is 9.90 Å². The molecule has 0 radical (unpaired) electrons. The zero-order valence-corrected chi connectivity index (χ0v) is 29.8. The number of halogens is 1. The zero-order chi connectivity index (χ0) is 30.5. The summed E-state index contributed by atoms with van der Waals surface area (Å²) in [7, 11) is -1.96. The van der Waals surface area contributed by atoms with Gasteiger partial charge in [-0.3, -0.25) is 0 Å². The Morgan fingerprint density at radius 3 is 2.50 bits per heavy atom. The number of fused-ring (bicyclic) bond motifs is 1. The van der Waals surface area contributed by atoms with Crippen LogP contribution in [0.2, 0.25) is 18.1 Å². The molecule has 42 heavy (non-hydrogen) atoms. The van der Waals surface area contributed by atoms with Gasteiger partial charge in [0, 0.05) is 31.8 Å². The maximum atomic E-state index is 13.0. The van der Waals surface area contributed by atoms with Gasteiger partial charge in [0.1, 0.15) is 16.9 Å². The van der Waals surface area contributed by atoms with Gasteiger partial charge in [-0.2, -0.15) is 5.10 Å². The van der Waals surface area contributed by atoms with Gasteiger partial charge in [0.25, 0.3) is 0 Å². The van der Waals surface area contributed by atoms with Gasteiger partial charge in [-0.05, 0) is 112 Å². The second-order valence-corrected chi connectivity index (χ2v) is 20.7. The van der Waals surface area contributed by atoms with Crippen LogP contribution in [0.1, 0.15) is 92.7 Å². The standard InChI is InChI=1S/C30H49IN6O4Si/c1-28(2,3)40-27(38)33-21-17-20(41-42(7,8)29(4,5)6)18-30(21)12-14-36(15-13-30)22-19-32-24-25(31)35-37(26(24)34-22)23-11-9-10-16-39-23/h19-21,23H,9-18H2,1-8H3,(H,33,38)/t20-,21+,23?/m0/s1. The first-order valence-corrected chi connectivity index (χ1v) is 19.5. The molecule has 1 N–H and O–H groups in total. The first-order valence-electron chi connectivity index (χ1n) is 15.5. The van der Waals surface area contributed by atoms with Crippen molar-refractivity contribution in [1.29, 1.82) is 0 Å². The van der Waals surface area contributed by atoms with Crippen molar-refractivity contribution < 1.29 is 18.7 Å². The average molecular weight is 713 g/mol. The summed E-state index contributed by atoms with van der Waals surface area (Å²) in [6, 6.07) is 0.00398. The van der Waals surface area contributed by atoms with Crippen LogP contribution in [0.3, 0.4) is 0 Å². The molecule has 12 heteroatoms. The molecule has 5 rings (SSSR count). The molecule has 3 atom stereocenters. The summed E-state index contributed by atoms with van der Waals surface area (Å²) < 4.78 is 21.4. The summed E-state index contributed by atoms with van der Waals surface area (Å²) in [5, 5.41) is 8.15. The SMILES string of the molecule is CC(C)(C)OC(=O)N[C@@H]1C[C@H](O[Si](C)(C)C(C)(C)C)CC12CCN(c1cnc3c(I)nn(C4CCCCO4)c3n1)CC2. The van der Waals surface area contributed by atoms with E-state index < -0.39 is 13.9 Å². The molecule has 1 saturated carbocycles. The minimum Gasteiger partial charge on any atom is -0.444 e. The monoisotopic (exact) mass is 712 g/mol. The van der Waals surface area contributed by atoms with E-state index in [4.69, 9.17) is 29.0 Å². The Balaban J connectivity index is 1.34. The zero-order valence-electron chi connectivity index (χ0n) is 26.6. The number of aromatic nitrogens is 4. The van der Waals surface area contributed by atoms with E-state index in [1.54, 1.807) is 0 Å². The van der Waals surface area contributed by atoms with Crippen molar-refractivity contribution in [2.24, 2.45) is 5.41 Å². The maximum absolute atomic E-state index is 13.0. The molecule has 1 unspecified atom stereocenters. The lowest BCUT2D eigenvalue weighted by Crippen LogP contribution is -2.51. The lowest BCUT2D eigenvalue weighted by Gasteiger charge is -2.44. The number of carbonyl (C=O) groups excluding carboxylic acids is 1. The lowest BCUT2D eigenvalue weighted by molar-refractivity contribution is -0.0372. The van der Waals surface area contributed by atoms with Crippen LogP contribution < -0.4 is 10.2 Å². The van der Waals surface area contributed by atoms with E-state index in [2.05, 4.69) is 66.7 Å². The summed E-state index contributed by atoms with van der Waals surface area (Å²) in [4.78, 5) is 25.1. The van der Waals surface area contributed by atoms with E-state index in [1.165, 1.54) is 0 Å². The third kappa shape index (κ3) is 6.75. The average Bonchev–Trinajstić information content (AvgIpc) is 3.39. The topological polar surface area (TPSA) is 104 Å². The summed E-state index contributed by atoms with van der Waals surface area (Å²) in [5.41, 5.74) is 1.02. The Morgan fingerprint density at radius 1 is 1.17 bits per heavy atom. The van der Waals surface area contributed by atoms with Crippen LogP contribution in [0.15, 0.2) is 6.20 Å². The van der Waals surface area contributed by atoms with Gasteiger partial charge >= 0.3 is 6.09 Å². The summed E-state index contributed by atoms with van der Waals surface area (Å²) >= 11 is 2.24. The van der Waals surface area contributed by atoms with Gasteiger partial charge < -0.3 is 24.1 Å². The molecule has 0 aromatic carbocycles. The number of carbonyl (C=O) groups is 1. The van der Waals surface area contributed by atoms with Gasteiger partial charge in [-0.1, -0.05) is 20.8 Å². The predicted octanol–water partition coefficient (Wildman–Crippen LogP) is 6.79. The third-order valence-electron chi connectivity index (χ3n) is 9.69. The fourth-order valence-electron chi connectivity index (χ4n) is 6.41. The molecular weight excluding hydrogens is 663 g/mol. The molecule has 1 amide bonds. The van der Waals surface area contributed by atoms with Gasteiger partial charge in [0.2, 0.25) is 0 Å². The molecule has 1 spiro atoms. The number of nitrogens with one attached hydrogen (secondary N) is 1. The summed E-state index contributed by atoms with van der Waals surface area (Å²) in [5.74, 6) is 0.870. The summed E-state index contributed by atoms with van der Waals surface area (Å²) in [6.45, 7) is 19.6. The fraction of sp³-hybridized carbons (Fsp3) is 0.800. The highest BCUT2D eigenvalue weighted by Crippen LogP contribution is 2.50. The highest BCUT2D eigenvalue weighted by atomic mass is 127. The molecule has 234 valence electrons. The molecule has 1 aliphatic carbocycles. The van der Waals surface area contributed by atoms with Crippen LogP contribution in [0, 0.1) is 9.12 Å². The Kier molecular flexibility index (Phi) is 8.94. The number of hydrogen-bond donors (Lipinski definition) is 1. The number of ether oxygens (including phenoxy) is 2. The number of hydrogen-bond acceptors (Lipinski definition) is 8. The highest BCUT2D eigenvalue weighted by molar-refractivity contribution is 14.1. The van der Waals surface area contributed by atoms with Crippen LogP contribution in [0.4, 0.5) is 10.6 Å². The second-order valence-electron chi connectivity index (χ2n) is 14.9. The van der Waals surface area contributed by atoms with E-state index in [1.807, 2.05) is 31.6 Å². The molecule has 3 aliphatic rings. The highest BCUT2D eigenvalue weighted by Gasteiger charge is 2.52. The quantitative estimate of drug-likeness (QED) is 0.267. The molecule has 2 aromatic rings. The third-order valence-corrected chi connectivity index (χ3v) is 15.0. The molecule has 10 nitrogen and oxygen atoms in total. The van der Waals surface area contributed by atoms with Gasteiger partial charge in [-0.15, -0.1) is 0 Å². The van der Waals surface area contributed by atoms with E-state index in [-0.39, 0.29) is 34.9 Å². The number of anilines is 1. The Hall–Kier alpha value is -1.51. The minimum absolute atomic E-state index is 0.00398. The Bertz CT molecular complexity index is 1280. The molecule has 0 bridgehead atoms. The molecule has 2 aliphatic heterocycles. The van der Waals surface area contributed by atoms with Crippen molar-refractivity contribution in [3.8, 4) is 0 Å². The molecule has 2 aromatic heterocycles. The number of amides is 1. The molecule has 2 saturated heterocycles. The Labute approximate surface area is 265 Å². The van der Waals surface area contributed by atoms with Crippen molar-refractivity contribution in [1.82, 2.24) is 25.1 Å². The van der Waals surface area contributed by atoms with E-state index in [0.29, 0.717) is 0 Å². The normalized spacial score (nSPS) is 25.3. The van der Waals surface area contributed by atoms with Gasteiger partial charge in [-0.25, -0.2) is 19.4 Å². The number of rotatable bonds is 5. The van der Waals surface area contributed by atoms with E-state index >= 15 is 0 Å². The van der Waals surface area contributed by atoms with Crippen LogP contribution in [-0.2, 0) is 13.9 Å². The smallest absolute Gasteiger partial charge is 0.407 e. The van der Waals surface area contributed by atoms with Crippen LogP contribution in [-0.4, -0.2) is 71.6 Å². The molecule has 4 heterocycles. The van der Waals surface area contributed by atoms with Gasteiger partial charge in [0.15, 0.2) is 23.9 Å². The maximum Gasteiger partial charge on any atom is 0.407 e. The van der Waals surface area contributed by atoms with Crippen molar-refractivity contribution in [3.63, 3.8) is 0 Å². The Morgan fingerprint density at radius 2 is 1.88 bits per heavy atom. The minimum atomic E-state index is -1.96. The van der Waals surface area contributed by atoms with Crippen molar-refractivity contribution in [2.75, 3.05) is 24.6 Å². The largest absolute Gasteiger partial charge is 0.444 e.